The van der Waals surface area contributed by atoms with E-state index in [-0.39, 0.29) is 23.9 Å². The van der Waals surface area contributed by atoms with Gasteiger partial charge in [-0.1, -0.05) is 19.1 Å². The van der Waals surface area contributed by atoms with Gasteiger partial charge in [0, 0.05) is 0 Å². The van der Waals surface area contributed by atoms with Crippen LogP contribution in [-0.4, -0.2) is 22.3 Å². The molecule has 0 spiro atoms. The lowest BCUT2D eigenvalue weighted by atomic mass is 9.65. The minimum Gasteiger partial charge on any atom is -0.459 e. The van der Waals surface area contributed by atoms with Crippen LogP contribution in [-0.2, 0) is 9.53 Å². The molecule has 4 bridgehead atoms. The number of ether oxygens (including phenoxy) is 1. The third kappa shape index (κ3) is 2.45. The Balaban J connectivity index is 1.27. The first kappa shape index (κ1) is 17.3. The van der Waals surface area contributed by atoms with Crippen LogP contribution in [0.5, 0.6) is 0 Å². The zero-order valence-corrected chi connectivity index (χ0v) is 16.3. The van der Waals surface area contributed by atoms with Crippen LogP contribution in [0.4, 0.5) is 0 Å². The van der Waals surface area contributed by atoms with Crippen LogP contribution in [0, 0.1) is 41.4 Å². The van der Waals surface area contributed by atoms with Gasteiger partial charge in [0.1, 0.15) is 5.60 Å². The maximum Gasteiger partial charge on any atom is 0.309 e. The molecule has 0 aliphatic heterocycles. The lowest BCUT2D eigenvalue weighted by molar-refractivity contribution is -0.168. The lowest BCUT2D eigenvalue weighted by Crippen LogP contribution is -2.45. The topological polar surface area (TPSA) is 46.5 Å². The molecule has 5 aliphatic rings. The van der Waals surface area contributed by atoms with Gasteiger partial charge in [-0.05, 0) is 99.7 Å². The molecule has 0 saturated heterocycles. The van der Waals surface area contributed by atoms with Crippen molar-refractivity contribution in [3.8, 4) is 0 Å². The number of carbonyl (C=O) groups is 1. The monoisotopic (exact) mass is 358 g/mol. The van der Waals surface area contributed by atoms with Crippen molar-refractivity contribution in [3.63, 3.8) is 0 Å². The Kier molecular flexibility index (Phi) is 3.88. The Morgan fingerprint density at radius 2 is 1.85 bits per heavy atom. The Labute approximate surface area is 157 Å². The summed E-state index contributed by atoms with van der Waals surface area (Å²) in [4.78, 5) is 12.7. The smallest absolute Gasteiger partial charge is 0.309 e. The number of hydrogen-bond acceptors (Lipinski definition) is 3. The molecule has 144 valence electrons. The summed E-state index contributed by atoms with van der Waals surface area (Å²) in [5.41, 5.74) is -1.16. The van der Waals surface area contributed by atoms with E-state index in [2.05, 4.69) is 19.1 Å². The number of esters is 1. The Bertz CT molecular complexity index is 615. The Morgan fingerprint density at radius 1 is 1.15 bits per heavy atom. The molecule has 1 N–H and O–H groups in total. The van der Waals surface area contributed by atoms with Gasteiger partial charge in [-0.2, -0.15) is 0 Å². The fraction of sp³-hybridized carbons (Fsp3) is 0.870. The van der Waals surface area contributed by atoms with E-state index in [1.54, 1.807) is 0 Å². The van der Waals surface area contributed by atoms with Crippen molar-refractivity contribution in [3.05, 3.63) is 12.2 Å². The normalized spacial score (nSPS) is 46.5. The molecule has 0 amide bonds. The number of hydrogen-bond donors (Lipinski definition) is 1. The molecule has 0 heterocycles. The molecule has 4 fully saturated rings. The second-order valence-electron chi connectivity index (χ2n) is 10.4. The average Bonchev–Trinajstić information content (AvgIpc) is 3.37. The van der Waals surface area contributed by atoms with E-state index < -0.39 is 5.60 Å². The fourth-order valence-electron chi connectivity index (χ4n) is 7.98. The average molecular weight is 359 g/mol. The van der Waals surface area contributed by atoms with Gasteiger partial charge >= 0.3 is 5.97 Å². The van der Waals surface area contributed by atoms with E-state index >= 15 is 0 Å². The van der Waals surface area contributed by atoms with Gasteiger partial charge in [0.2, 0.25) is 0 Å². The van der Waals surface area contributed by atoms with E-state index in [4.69, 9.17) is 4.74 Å². The quantitative estimate of drug-likeness (QED) is 0.447. The molecule has 0 radical (unpaired) electrons. The van der Waals surface area contributed by atoms with Crippen LogP contribution in [0.2, 0.25) is 0 Å². The third-order valence-corrected chi connectivity index (χ3v) is 9.06. The molecule has 26 heavy (non-hydrogen) atoms. The minimum absolute atomic E-state index is 0.171. The molecule has 4 saturated carbocycles. The van der Waals surface area contributed by atoms with Crippen molar-refractivity contribution in [2.24, 2.45) is 41.4 Å². The summed E-state index contributed by atoms with van der Waals surface area (Å²) in [7, 11) is 0. The van der Waals surface area contributed by atoms with Crippen molar-refractivity contribution >= 4 is 5.97 Å². The first-order chi connectivity index (χ1) is 12.4. The van der Waals surface area contributed by atoms with Gasteiger partial charge in [0.25, 0.3) is 0 Å². The summed E-state index contributed by atoms with van der Waals surface area (Å²) in [6.45, 7) is 4.03. The number of carbonyl (C=O) groups excluding carboxylic acids is 1. The zero-order chi connectivity index (χ0) is 18.1. The molecule has 0 aromatic heterocycles. The van der Waals surface area contributed by atoms with Gasteiger partial charge in [-0.3, -0.25) is 4.79 Å². The minimum atomic E-state index is -0.916. The van der Waals surface area contributed by atoms with Crippen molar-refractivity contribution in [1.82, 2.24) is 0 Å². The molecular weight excluding hydrogens is 324 g/mol. The molecule has 0 aromatic rings. The molecule has 3 nitrogen and oxygen atoms in total. The predicted octanol–water partition coefficient (Wildman–Crippen LogP) is 4.49. The van der Waals surface area contributed by atoms with E-state index in [9.17, 15) is 9.90 Å². The van der Waals surface area contributed by atoms with Crippen molar-refractivity contribution in [2.75, 3.05) is 0 Å². The Morgan fingerprint density at radius 3 is 2.54 bits per heavy atom. The second kappa shape index (κ2) is 5.83. The highest BCUT2D eigenvalue weighted by atomic mass is 16.6. The number of rotatable bonds is 5. The lowest BCUT2D eigenvalue weighted by Gasteiger charge is -2.43. The number of fused-ring (bicyclic) bond motifs is 9. The molecular formula is C23H34O3. The van der Waals surface area contributed by atoms with E-state index in [1.165, 1.54) is 12.8 Å². The summed E-state index contributed by atoms with van der Waals surface area (Å²) in [6.07, 6.45) is 14.0. The molecule has 5 aliphatic carbocycles. The summed E-state index contributed by atoms with van der Waals surface area (Å²) < 4.78 is 5.95. The zero-order valence-electron chi connectivity index (χ0n) is 16.3. The van der Waals surface area contributed by atoms with Crippen molar-refractivity contribution in [1.29, 1.82) is 0 Å². The van der Waals surface area contributed by atoms with Crippen LogP contribution in [0.1, 0.15) is 71.6 Å². The van der Waals surface area contributed by atoms with Crippen LogP contribution in [0.15, 0.2) is 12.2 Å². The molecule has 3 heteroatoms. The highest BCUT2D eigenvalue weighted by Crippen LogP contribution is 2.68. The van der Waals surface area contributed by atoms with Crippen LogP contribution >= 0.6 is 0 Å². The van der Waals surface area contributed by atoms with Crippen molar-refractivity contribution < 1.29 is 14.6 Å². The highest BCUT2D eigenvalue weighted by Gasteiger charge is 2.63. The largest absolute Gasteiger partial charge is 0.459 e. The van der Waals surface area contributed by atoms with Crippen LogP contribution in [0.3, 0.4) is 0 Å². The molecule has 8 unspecified atom stereocenters. The first-order valence-corrected chi connectivity index (χ1v) is 11.0. The summed E-state index contributed by atoms with van der Waals surface area (Å²) in [5, 5.41) is 11.3. The fourth-order valence-corrected chi connectivity index (χ4v) is 7.98. The van der Waals surface area contributed by atoms with Crippen molar-refractivity contribution in [2.45, 2.75) is 82.8 Å². The maximum atomic E-state index is 12.7. The summed E-state index contributed by atoms with van der Waals surface area (Å²) >= 11 is 0. The van der Waals surface area contributed by atoms with E-state index in [0.717, 1.165) is 68.1 Å². The second-order valence-corrected chi connectivity index (χ2v) is 10.4. The molecule has 0 aromatic carbocycles. The number of aliphatic hydroxyl groups is 1. The van der Waals surface area contributed by atoms with Gasteiger partial charge in [-0.15, -0.1) is 0 Å². The number of allylic oxidation sites excluding steroid dienone is 2. The van der Waals surface area contributed by atoms with Gasteiger partial charge < -0.3 is 9.84 Å². The van der Waals surface area contributed by atoms with Gasteiger partial charge in [0.05, 0.1) is 12.0 Å². The third-order valence-electron chi connectivity index (χ3n) is 9.06. The predicted molar refractivity (Wildman–Crippen MR) is 100 cm³/mol. The molecule has 5 rings (SSSR count). The molecule has 8 atom stereocenters. The van der Waals surface area contributed by atoms with Crippen LogP contribution in [0.25, 0.3) is 0 Å². The standard InChI is InChI=1S/C23H34O3/c1-3-23(8-4-5-9-23)26-19(24)13-22(2,25)18-12-16-11-17(18)21-15-7-6-14(10-15)20(16)21/h6-7,14-18,20-21,25H,3-5,8-13H2,1-2H3. The maximum absolute atomic E-state index is 12.7. The van der Waals surface area contributed by atoms with Crippen LogP contribution < -0.4 is 0 Å². The van der Waals surface area contributed by atoms with Gasteiger partial charge in [-0.25, -0.2) is 0 Å². The van der Waals surface area contributed by atoms with E-state index in [0.29, 0.717) is 5.92 Å². The Hall–Kier alpha value is -0.830. The SMILES string of the molecule is CCC1(OC(=O)CC(C)(O)C2CC3CC2C2C4C=CC(C4)C32)CCCC1. The first-order valence-electron chi connectivity index (χ1n) is 11.0. The summed E-state index contributed by atoms with van der Waals surface area (Å²) in [5.74, 6) is 4.67. The summed E-state index contributed by atoms with van der Waals surface area (Å²) in [6, 6.07) is 0. The van der Waals surface area contributed by atoms with E-state index in [1.807, 2.05) is 6.92 Å². The van der Waals surface area contributed by atoms with Gasteiger partial charge in [0.15, 0.2) is 0 Å². The highest BCUT2D eigenvalue weighted by molar-refractivity contribution is 5.71.